The van der Waals surface area contributed by atoms with Crippen LogP contribution in [-0.2, 0) is 0 Å². The summed E-state index contributed by atoms with van der Waals surface area (Å²) in [5.41, 5.74) is 11.0. The molecule has 2 aromatic heterocycles. The molecule has 3 nitrogen and oxygen atoms in total. The molecular weight excluding hydrogens is 891 g/mol. The summed E-state index contributed by atoms with van der Waals surface area (Å²) in [6, 6.07) is 104. The van der Waals surface area contributed by atoms with E-state index in [1.165, 1.54) is 102 Å². The maximum atomic E-state index is 2.66. The third-order valence-electron chi connectivity index (χ3n) is 15.8. The van der Waals surface area contributed by atoms with E-state index in [1.807, 2.05) is 0 Å². The SMILES string of the molecule is c1ccc([Si]2(c3ccccc3)c3ccccc3N3c4ccc(-n5c6ccccc6c6cc(-n7c8ccccc8c8ccccc87)ccc65)cc4[Si](c4ccccc4)(c4ccccc4)c4cccc2c43)cc1. The van der Waals surface area contributed by atoms with Crippen LogP contribution in [0.25, 0.3) is 55.0 Å². The van der Waals surface area contributed by atoms with Crippen molar-refractivity contribution in [3.8, 4) is 11.4 Å². The van der Waals surface area contributed by atoms with Gasteiger partial charge < -0.3 is 14.0 Å². The molecule has 332 valence electrons. The van der Waals surface area contributed by atoms with E-state index >= 15 is 0 Å². The summed E-state index contributed by atoms with van der Waals surface area (Å²) in [7, 11) is -6.04. The third kappa shape index (κ3) is 5.42. The molecule has 0 saturated heterocycles. The van der Waals surface area contributed by atoms with Crippen LogP contribution in [0.3, 0.4) is 0 Å². The highest BCUT2D eigenvalue weighted by Gasteiger charge is 2.56. The summed E-state index contributed by atoms with van der Waals surface area (Å²) in [6.07, 6.45) is 0. The fourth-order valence-corrected chi connectivity index (χ4v) is 23.5. The Kier molecular flexibility index (Phi) is 8.70. The summed E-state index contributed by atoms with van der Waals surface area (Å²) < 4.78 is 4.96. The second-order valence-corrected chi connectivity index (χ2v) is 26.6. The van der Waals surface area contributed by atoms with Crippen molar-refractivity contribution < 1.29 is 0 Å². The number of para-hydroxylation sites is 5. The molecule has 5 heteroatoms. The Morgan fingerprint density at radius 2 is 0.606 bits per heavy atom. The van der Waals surface area contributed by atoms with E-state index in [0.717, 1.165) is 11.4 Å². The van der Waals surface area contributed by atoms with Crippen LogP contribution in [-0.4, -0.2) is 25.3 Å². The molecule has 0 fully saturated rings. The van der Waals surface area contributed by atoms with Crippen LogP contribution in [0.1, 0.15) is 0 Å². The first-order valence-electron chi connectivity index (χ1n) is 24.7. The number of hydrogen-bond donors (Lipinski definition) is 0. The molecule has 0 atom stereocenters. The fraction of sp³-hybridized carbons (Fsp3) is 0. The van der Waals surface area contributed by atoms with E-state index in [2.05, 4.69) is 287 Å². The van der Waals surface area contributed by atoms with Crippen LogP contribution in [0.4, 0.5) is 17.1 Å². The molecule has 4 heterocycles. The Bertz CT molecular complexity index is 4100. The van der Waals surface area contributed by atoms with Crippen LogP contribution in [0, 0.1) is 0 Å². The van der Waals surface area contributed by atoms with Crippen molar-refractivity contribution in [2.24, 2.45) is 0 Å². The molecule has 0 amide bonds. The predicted octanol–water partition coefficient (Wildman–Crippen LogP) is 10.7. The van der Waals surface area contributed by atoms with Gasteiger partial charge in [0.2, 0.25) is 0 Å². The number of hydrogen-bond acceptors (Lipinski definition) is 1. The normalized spacial score (nSPS) is 14.1. The summed E-state index contributed by atoms with van der Waals surface area (Å²) in [4.78, 5) is 2.66. The smallest absolute Gasteiger partial charge is 0.184 e. The molecule has 0 spiro atoms. The Hall–Kier alpha value is -8.75. The highest BCUT2D eigenvalue weighted by atomic mass is 28.3. The number of nitrogens with zero attached hydrogens (tertiary/aromatic N) is 3. The van der Waals surface area contributed by atoms with Gasteiger partial charge in [-0.25, -0.2) is 0 Å². The molecule has 0 radical (unpaired) electrons. The summed E-state index contributed by atoms with van der Waals surface area (Å²) >= 11 is 0. The van der Waals surface area contributed by atoms with Gasteiger partial charge in [-0.1, -0.05) is 212 Å². The number of rotatable bonds is 6. The van der Waals surface area contributed by atoms with E-state index in [1.54, 1.807) is 0 Å². The zero-order chi connectivity index (χ0) is 46.7. The van der Waals surface area contributed by atoms with Crippen LogP contribution in [0.5, 0.6) is 0 Å². The predicted molar refractivity (Wildman–Crippen MR) is 304 cm³/mol. The Morgan fingerprint density at radius 1 is 0.239 bits per heavy atom. The summed E-state index contributed by atoms with van der Waals surface area (Å²) in [5, 5.41) is 16.2. The van der Waals surface area contributed by atoms with Crippen LogP contribution >= 0.6 is 0 Å². The van der Waals surface area contributed by atoms with E-state index in [9.17, 15) is 0 Å². The van der Waals surface area contributed by atoms with E-state index in [-0.39, 0.29) is 0 Å². The number of benzene rings is 11. The molecule has 15 rings (SSSR count). The fourth-order valence-electron chi connectivity index (χ4n) is 13.1. The number of anilines is 3. The van der Waals surface area contributed by atoms with Gasteiger partial charge in [0.05, 0.1) is 22.1 Å². The van der Waals surface area contributed by atoms with E-state index < -0.39 is 16.1 Å². The van der Waals surface area contributed by atoms with Crippen molar-refractivity contribution in [2.45, 2.75) is 0 Å². The number of fused-ring (bicyclic) bond motifs is 10. The third-order valence-corrected chi connectivity index (χ3v) is 25.5. The molecule has 11 aromatic carbocycles. The minimum Gasteiger partial charge on any atom is -0.311 e. The molecule has 0 unspecified atom stereocenters. The number of aromatic nitrogens is 2. The monoisotopic (exact) mass is 935 g/mol. The molecular formula is C66H45N3Si2. The molecule has 2 aliphatic rings. The van der Waals surface area contributed by atoms with Crippen LogP contribution in [0.15, 0.2) is 273 Å². The van der Waals surface area contributed by atoms with Crippen LogP contribution in [0.2, 0.25) is 0 Å². The molecule has 0 N–H and O–H groups in total. The Balaban J connectivity index is 1.04. The quantitative estimate of drug-likeness (QED) is 0.151. The zero-order valence-electron chi connectivity index (χ0n) is 38.8. The lowest BCUT2D eigenvalue weighted by molar-refractivity contribution is 1.16. The molecule has 2 aliphatic heterocycles. The minimum atomic E-state index is -3.13. The van der Waals surface area contributed by atoms with Crippen molar-refractivity contribution in [3.05, 3.63) is 273 Å². The van der Waals surface area contributed by atoms with Gasteiger partial charge in [-0.15, -0.1) is 0 Å². The average molecular weight is 936 g/mol. The van der Waals surface area contributed by atoms with E-state index in [4.69, 9.17) is 0 Å². The highest BCUT2D eigenvalue weighted by molar-refractivity contribution is 7.24. The van der Waals surface area contributed by atoms with Gasteiger partial charge >= 0.3 is 0 Å². The standard InChI is InChI=1S/C66H45N3Si2/c1-5-22-48(23-6-1)70(49-24-7-2-8-25-49)62-37-20-19-36-60(62)69-61-43-41-47(45-65(61)71(50-26-9-3-10-27-50,51-28-11-4-12-29-51)64-39-21-38-63(70)66(64)69)68-58-35-18-15-32-54(58)55-44-46(40-42-59(55)68)67-56-33-16-13-30-52(56)53-31-14-17-34-57(53)67/h1-45H. The second-order valence-electron chi connectivity index (χ2n) is 19.1. The van der Waals surface area contributed by atoms with Gasteiger partial charge in [0, 0.05) is 50.0 Å². The Labute approximate surface area is 414 Å². The van der Waals surface area contributed by atoms with Crippen molar-refractivity contribution in [3.63, 3.8) is 0 Å². The minimum absolute atomic E-state index is 1.16. The zero-order valence-corrected chi connectivity index (χ0v) is 40.8. The lowest BCUT2D eigenvalue weighted by atomic mass is 10.1. The van der Waals surface area contributed by atoms with Crippen molar-refractivity contribution in [1.29, 1.82) is 0 Å². The van der Waals surface area contributed by atoms with Crippen molar-refractivity contribution >= 4 is 118 Å². The molecule has 0 bridgehead atoms. The lowest BCUT2D eigenvalue weighted by Crippen LogP contribution is -2.82. The largest absolute Gasteiger partial charge is 0.311 e. The van der Waals surface area contributed by atoms with Gasteiger partial charge in [0.15, 0.2) is 16.1 Å². The highest BCUT2D eigenvalue weighted by Crippen LogP contribution is 2.43. The van der Waals surface area contributed by atoms with Crippen molar-refractivity contribution in [1.82, 2.24) is 9.13 Å². The molecule has 71 heavy (non-hydrogen) atoms. The summed E-state index contributed by atoms with van der Waals surface area (Å²) in [5.74, 6) is 0. The Morgan fingerprint density at radius 3 is 1.13 bits per heavy atom. The lowest BCUT2D eigenvalue weighted by Gasteiger charge is -2.52. The second kappa shape index (κ2) is 15.4. The maximum Gasteiger partial charge on any atom is 0.184 e. The first kappa shape index (κ1) is 40.2. The van der Waals surface area contributed by atoms with Crippen LogP contribution < -0.4 is 46.4 Å². The first-order valence-corrected chi connectivity index (χ1v) is 28.7. The molecule has 0 aliphatic carbocycles. The average Bonchev–Trinajstić information content (AvgIpc) is 3.96. The van der Waals surface area contributed by atoms with E-state index in [0.29, 0.717) is 0 Å². The van der Waals surface area contributed by atoms with Gasteiger partial charge in [0.25, 0.3) is 0 Å². The molecule has 13 aromatic rings. The van der Waals surface area contributed by atoms with Crippen molar-refractivity contribution in [2.75, 3.05) is 4.90 Å². The molecule has 0 saturated carbocycles. The topological polar surface area (TPSA) is 13.1 Å². The maximum absolute atomic E-state index is 3.13. The summed E-state index contributed by atoms with van der Waals surface area (Å²) in [6.45, 7) is 0. The van der Waals surface area contributed by atoms with Gasteiger partial charge in [-0.2, -0.15) is 0 Å². The van der Waals surface area contributed by atoms with Gasteiger partial charge in [-0.05, 0) is 102 Å². The van der Waals surface area contributed by atoms with Gasteiger partial charge in [0.1, 0.15) is 0 Å². The van der Waals surface area contributed by atoms with Gasteiger partial charge in [-0.3, -0.25) is 0 Å². The first-order chi connectivity index (χ1) is 35.3.